The molecule has 0 aromatic heterocycles. The molecule has 3 rings (SSSR count). The second kappa shape index (κ2) is 8.65. The minimum absolute atomic E-state index is 0.0206. The fraction of sp³-hybridized carbons (Fsp3) is 0.708. The second-order valence-corrected chi connectivity index (χ2v) is 9.84. The molecule has 2 atom stereocenters. The molecule has 0 amide bonds. The number of ether oxygens (including phenoxy) is 2. The number of hydrogen-bond acceptors (Lipinski definition) is 4. The first-order chi connectivity index (χ1) is 13.7. The fourth-order valence-corrected chi connectivity index (χ4v) is 4.62. The molecule has 1 aliphatic carbocycles. The number of nitrogens with zero attached hydrogens (tertiary/aromatic N) is 1. The van der Waals surface area contributed by atoms with E-state index in [1.807, 2.05) is 13.1 Å². The van der Waals surface area contributed by atoms with Gasteiger partial charge in [0, 0.05) is 18.7 Å². The Morgan fingerprint density at radius 1 is 1.14 bits per heavy atom. The summed E-state index contributed by atoms with van der Waals surface area (Å²) in [6.45, 7) is 8.78. The van der Waals surface area contributed by atoms with E-state index in [0.717, 1.165) is 37.0 Å². The predicted octanol–water partition coefficient (Wildman–Crippen LogP) is 4.07. The molecule has 29 heavy (non-hydrogen) atoms. The summed E-state index contributed by atoms with van der Waals surface area (Å²) >= 11 is 0. The number of rotatable bonds is 5. The van der Waals surface area contributed by atoms with Crippen molar-refractivity contribution < 1.29 is 9.47 Å². The number of nitrogens with two attached hydrogens (primary N) is 1. The van der Waals surface area contributed by atoms with Crippen LogP contribution in [0.15, 0.2) is 23.2 Å². The summed E-state index contributed by atoms with van der Waals surface area (Å²) < 4.78 is 12.4. The summed E-state index contributed by atoms with van der Waals surface area (Å²) in [6, 6.07) is 7.22. The zero-order valence-electron chi connectivity index (χ0n) is 19.0. The van der Waals surface area contributed by atoms with Gasteiger partial charge in [-0.3, -0.25) is 4.99 Å². The highest BCUT2D eigenvalue weighted by atomic mass is 16.5. The van der Waals surface area contributed by atoms with Crippen LogP contribution in [-0.4, -0.2) is 43.8 Å². The highest BCUT2D eigenvalue weighted by Gasteiger charge is 2.47. The van der Waals surface area contributed by atoms with Crippen LogP contribution in [0.2, 0.25) is 0 Å². The SMILES string of the molecule is CNC1CCC(N=C(N)c2ccc3c(c2)CC[C@H]([C@](C)(OC)C(C)(C)C)O3)CC1. The minimum atomic E-state index is -0.351. The number of amidine groups is 1. The molecule has 5 nitrogen and oxygen atoms in total. The van der Waals surface area contributed by atoms with Gasteiger partial charge in [0.2, 0.25) is 0 Å². The van der Waals surface area contributed by atoms with Crippen molar-refractivity contribution in [1.29, 1.82) is 0 Å². The first-order valence-electron chi connectivity index (χ1n) is 11.0. The lowest BCUT2D eigenvalue weighted by Crippen LogP contribution is -2.55. The Kier molecular flexibility index (Phi) is 6.59. The van der Waals surface area contributed by atoms with Gasteiger partial charge in [-0.05, 0) is 81.7 Å². The molecule has 0 saturated heterocycles. The van der Waals surface area contributed by atoms with Gasteiger partial charge in [0.25, 0.3) is 0 Å². The van der Waals surface area contributed by atoms with Crippen LogP contribution in [0.25, 0.3) is 0 Å². The lowest BCUT2D eigenvalue weighted by atomic mass is 9.72. The van der Waals surface area contributed by atoms with E-state index >= 15 is 0 Å². The Morgan fingerprint density at radius 2 is 1.83 bits per heavy atom. The van der Waals surface area contributed by atoms with E-state index in [-0.39, 0.29) is 17.1 Å². The quantitative estimate of drug-likeness (QED) is 0.576. The molecule has 1 aromatic rings. The molecule has 1 aliphatic heterocycles. The van der Waals surface area contributed by atoms with Crippen LogP contribution in [0.4, 0.5) is 0 Å². The summed E-state index contributed by atoms with van der Waals surface area (Å²) in [5, 5.41) is 3.37. The lowest BCUT2D eigenvalue weighted by molar-refractivity contribution is -0.147. The van der Waals surface area contributed by atoms with Crippen LogP contribution in [0.1, 0.15) is 70.9 Å². The van der Waals surface area contributed by atoms with Crippen molar-refractivity contribution in [2.75, 3.05) is 14.2 Å². The zero-order valence-corrected chi connectivity index (χ0v) is 19.0. The molecule has 1 heterocycles. The summed E-state index contributed by atoms with van der Waals surface area (Å²) in [6.07, 6.45) is 6.47. The first kappa shape index (κ1) is 22.1. The molecule has 1 aromatic carbocycles. The standard InChI is InChI=1S/C24H39N3O2/c1-23(2,3)24(4,28-6)21-14-8-16-15-17(7-13-20(16)29-21)22(25)27-19-11-9-18(26-5)10-12-19/h7,13,15,18-19,21,26H,8-12,14H2,1-6H3,(H2,25,27)/t18?,19?,21-,24+/m1/s1. The molecule has 3 N–H and O–H groups in total. The van der Waals surface area contributed by atoms with Crippen molar-refractivity contribution >= 4 is 5.84 Å². The Labute approximate surface area is 176 Å². The molecular formula is C24H39N3O2. The monoisotopic (exact) mass is 401 g/mol. The van der Waals surface area contributed by atoms with Gasteiger partial charge < -0.3 is 20.5 Å². The maximum absolute atomic E-state index is 6.41. The van der Waals surface area contributed by atoms with Gasteiger partial charge in [0.1, 0.15) is 23.3 Å². The van der Waals surface area contributed by atoms with Gasteiger partial charge in [-0.2, -0.15) is 0 Å². The van der Waals surface area contributed by atoms with E-state index in [4.69, 9.17) is 20.2 Å². The van der Waals surface area contributed by atoms with Crippen molar-refractivity contribution in [3.05, 3.63) is 29.3 Å². The maximum atomic E-state index is 6.41. The van der Waals surface area contributed by atoms with E-state index in [2.05, 4.69) is 45.1 Å². The summed E-state index contributed by atoms with van der Waals surface area (Å²) in [7, 11) is 3.83. The van der Waals surface area contributed by atoms with Gasteiger partial charge in [-0.1, -0.05) is 20.8 Å². The molecule has 1 fully saturated rings. The summed E-state index contributed by atoms with van der Waals surface area (Å²) in [5.41, 5.74) is 8.22. The van der Waals surface area contributed by atoms with Crippen LogP contribution in [0.5, 0.6) is 5.75 Å². The number of nitrogens with one attached hydrogen (secondary N) is 1. The van der Waals surface area contributed by atoms with E-state index in [9.17, 15) is 0 Å². The molecule has 0 spiro atoms. The molecule has 0 radical (unpaired) electrons. The van der Waals surface area contributed by atoms with Gasteiger partial charge in [-0.15, -0.1) is 0 Å². The van der Waals surface area contributed by atoms with E-state index in [0.29, 0.717) is 17.9 Å². The van der Waals surface area contributed by atoms with Crippen LogP contribution in [-0.2, 0) is 11.2 Å². The third kappa shape index (κ3) is 4.61. The van der Waals surface area contributed by atoms with Gasteiger partial charge in [0.15, 0.2) is 0 Å². The number of hydrogen-bond donors (Lipinski definition) is 2. The Bertz CT molecular complexity index is 732. The maximum Gasteiger partial charge on any atom is 0.128 e. The van der Waals surface area contributed by atoms with Crippen molar-refractivity contribution in [1.82, 2.24) is 5.32 Å². The van der Waals surface area contributed by atoms with Crippen molar-refractivity contribution in [3.63, 3.8) is 0 Å². The van der Waals surface area contributed by atoms with E-state index in [1.54, 1.807) is 7.11 Å². The number of aliphatic imine (C=N–C) groups is 1. The second-order valence-electron chi connectivity index (χ2n) is 9.84. The molecule has 5 heteroatoms. The average molecular weight is 402 g/mol. The predicted molar refractivity (Wildman–Crippen MR) is 120 cm³/mol. The Hall–Kier alpha value is -1.59. The van der Waals surface area contributed by atoms with Crippen molar-refractivity contribution in [3.8, 4) is 5.75 Å². The van der Waals surface area contributed by atoms with Crippen molar-refractivity contribution in [2.45, 2.75) is 90.0 Å². The first-order valence-corrected chi connectivity index (χ1v) is 11.0. The molecule has 0 unspecified atom stereocenters. The van der Waals surface area contributed by atoms with Crippen LogP contribution >= 0.6 is 0 Å². The number of methoxy groups -OCH3 is 1. The molecule has 162 valence electrons. The third-order valence-corrected chi connectivity index (χ3v) is 7.26. The number of benzene rings is 1. The van der Waals surface area contributed by atoms with Crippen molar-refractivity contribution in [2.24, 2.45) is 16.1 Å². The summed E-state index contributed by atoms with van der Waals surface area (Å²) in [4.78, 5) is 4.83. The van der Waals surface area contributed by atoms with Gasteiger partial charge in [-0.25, -0.2) is 0 Å². The largest absolute Gasteiger partial charge is 0.487 e. The van der Waals surface area contributed by atoms with E-state index in [1.165, 1.54) is 18.4 Å². The smallest absolute Gasteiger partial charge is 0.128 e. The number of fused-ring (bicyclic) bond motifs is 1. The zero-order chi connectivity index (χ0) is 21.2. The van der Waals surface area contributed by atoms with Crippen LogP contribution in [0.3, 0.4) is 0 Å². The van der Waals surface area contributed by atoms with Crippen LogP contribution in [0, 0.1) is 5.41 Å². The average Bonchev–Trinajstić information content (AvgIpc) is 2.72. The molecule has 1 saturated carbocycles. The summed E-state index contributed by atoms with van der Waals surface area (Å²) in [5.74, 6) is 1.60. The van der Waals surface area contributed by atoms with E-state index < -0.39 is 0 Å². The van der Waals surface area contributed by atoms with Crippen LogP contribution < -0.4 is 15.8 Å². The number of aryl methyl sites for hydroxylation is 1. The highest BCUT2D eigenvalue weighted by Crippen LogP contribution is 2.42. The fourth-order valence-electron chi connectivity index (χ4n) is 4.62. The highest BCUT2D eigenvalue weighted by molar-refractivity contribution is 5.98. The molecule has 0 bridgehead atoms. The molecular weight excluding hydrogens is 362 g/mol. The van der Waals surface area contributed by atoms with Gasteiger partial charge in [0.05, 0.1) is 6.04 Å². The normalized spacial score (nSPS) is 27.7. The Balaban J connectivity index is 1.72. The lowest BCUT2D eigenvalue weighted by Gasteiger charge is -2.47. The van der Waals surface area contributed by atoms with Gasteiger partial charge >= 0.3 is 0 Å². The minimum Gasteiger partial charge on any atom is -0.487 e. The topological polar surface area (TPSA) is 68.9 Å². The molecule has 2 aliphatic rings. The Morgan fingerprint density at radius 3 is 2.41 bits per heavy atom. The third-order valence-electron chi connectivity index (χ3n) is 7.26.